The fourth-order valence-electron chi connectivity index (χ4n) is 2.10. The SMILES string of the molecule is COC(=O)CCCNC(=O)CN(C)CC(=O)Nc1ccccc1SC. The predicted molar refractivity (Wildman–Crippen MR) is 98.6 cm³/mol. The molecule has 0 fully saturated rings. The van der Waals surface area contributed by atoms with Gasteiger partial charge < -0.3 is 15.4 Å². The molecule has 0 aliphatic heterocycles. The number of carbonyl (C=O) groups is 3. The number of benzene rings is 1. The van der Waals surface area contributed by atoms with Crippen molar-refractivity contribution in [2.24, 2.45) is 0 Å². The van der Waals surface area contributed by atoms with Crippen LogP contribution in [-0.2, 0) is 19.1 Å². The third-order valence-electron chi connectivity index (χ3n) is 3.32. The molecule has 138 valence electrons. The molecule has 25 heavy (non-hydrogen) atoms. The second-order valence-corrected chi connectivity index (χ2v) is 6.30. The Kier molecular flexibility index (Phi) is 9.64. The van der Waals surface area contributed by atoms with Crippen LogP contribution in [0, 0.1) is 0 Å². The van der Waals surface area contributed by atoms with Crippen molar-refractivity contribution in [1.82, 2.24) is 10.2 Å². The highest BCUT2D eigenvalue weighted by Gasteiger charge is 2.12. The van der Waals surface area contributed by atoms with Gasteiger partial charge in [-0.2, -0.15) is 0 Å². The number of carbonyl (C=O) groups excluding carboxylic acids is 3. The highest BCUT2D eigenvalue weighted by atomic mass is 32.2. The van der Waals surface area contributed by atoms with E-state index < -0.39 is 0 Å². The molecule has 2 amide bonds. The van der Waals surface area contributed by atoms with Crippen molar-refractivity contribution in [3.63, 3.8) is 0 Å². The topological polar surface area (TPSA) is 87.7 Å². The number of hydrogen-bond acceptors (Lipinski definition) is 6. The molecule has 0 radical (unpaired) electrons. The molecule has 0 aliphatic rings. The summed E-state index contributed by atoms with van der Waals surface area (Å²) in [5, 5.41) is 5.56. The molecule has 7 nitrogen and oxygen atoms in total. The molecule has 1 aromatic rings. The maximum atomic E-state index is 12.1. The number of thioether (sulfide) groups is 1. The Morgan fingerprint density at radius 2 is 1.84 bits per heavy atom. The van der Waals surface area contributed by atoms with Crippen LogP contribution in [0.1, 0.15) is 12.8 Å². The second kappa shape index (κ2) is 11.5. The summed E-state index contributed by atoms with van der Waals surface area (Å²) in [7, 11) is 3.03. The number of nitrogens with one attached hydrogen (secondary N) is 2. The third kappa shape index (κ3) is 8.55. The van der Waals surface area contributed by atoms with E-state index in [9.17, 15) is 14.4 Å². The number of amides is 2. The number of likely N-dealkylation sites (N-methyl/N-ethyl adjacent to an activating group) is 1. The molecule has 8 heteroatoms. The van der Waals surface area contributed by atoms with Crippen molar-refractivity contribution in [3.8, 4) is 0 Å². The number of hydrogen-bond donors (Lipinski definition) is 2. The molecule has 0 saturated heterocycles. The van der Waals surface area contributed by atoms with Crippen LogP contribution in [0.3, 0.4) is 0 Å². The van der Waals surface area contributed by atoms with Crippen molar-refractivity contribution in [3.05, 3.63) is 24.3 Å². The molecule has 1 aromatic carbocycles. The average Bonchev–Trinajstić information content (AvgIpc) is 2.58. The molecule has 1 rings (SSSR count). The van der Waals surface area contributed by atoms with Crippen LogP contribution in [0.2, 0.25) is 0 Å². The van der Waals surface area contributed by atoms with Gasteiger partial charge >= 0.3 is 5.97 Å². The first kappa shape index (κ1) is 21.0. The Morgan fingerprint density at radius 3 is 2.52 bits per heavy atom. The molecular formula is C17H25N3O4S. The van der Waals surface area contributed by atoms with Crippen molar-refractivity contribution in [1.29, 1.82) is 0 Å². The highest BCUT2D eigenvalue weighted by molar-refractivity contribution is 7.98. The van der Waals surface area contributed by atoms with Crippen molar-refractivity contribution in [2.45, 2.75) is 17.7 Å². The lowest BCUT2D eigenvalue weighted by molar-refractivity contribution is -0.140. The van der Waals surface area contributed by atoms with Crippen LogP contribution in [-0.4, -0.2) is 62.7 Å². The van der Waals surface area contributed by atoms with E-state index >= 15 is 0 Å². The lowest BCUT2D eigenvalue weighted by Crippen LogP contribution is -2.39. The van der Waals surface area contributed by atoms with E-state index in [4.69, 9.17) is 0 Å². The van der Waals surface area contributed by atoms with E-state index in [1.807, 2.05) is 30.5 Å². The first-order chi connectivity index (χ1) is 12.0. The van der Waals surface area contributed by atoms with Gasteiger partial charge in [0, 0.05) is 17.9 Å². The smallest absolute Gasteiger partial charge is 0.305 e. The molecule has 0 aliphatic carbocycles. The van der Waals surface area contributed by atoms with E-state index in [-0.39, 0.29) is 37.3 Å². The first-order valence-corrected chi connectivity index (χ1v) is 9.13. The summed E-state index contributed by atoms with van der Waals surface area (Å²) >= 11 is 1.56. The number of para-hydroxylation sites is 1. The molecule has 0 spiro atoms. The fraction of sp³-hybridized carbons (Fsp3) is 0.471. The normalized spacial score (nSPS) is 10.4. The van der Waals surface area contributed by atoms with Crippen molar-refractivity contribution >= 4 is 35.2 Å². The Labute approximate surface area is 152 Å². The van der Waals surface area contributed by atoms with Gasteiger partial charge in [-0.25, -0.2) is 0 Å². The third-order valence-corrected chi connectivity index (χ3v) is 4.11. The van der Waals surface area contributed by atoms with E-state index in [1.165, 1.54) is 7.11 Å². The molecule has 0 bridgehead atoms. The largest absolute Gasteiger partial charge is 0.469 e. The van der Waals surface area contributed by atoms with Gasteiger partial charge in [0.25, 0.3) is 0 Å². The van der Waals surface area contributed by atoms with Crippen LogP contribution in [0.4, 0.5) is 5.69 Å². The lowest BCUT2D eigenvalue weighted by atomic mass is 10.3. The van der Waals surface area contributed by atoms with Crippen molar-refractivity contribution < 1.29 is 19.1 Å². The van der Waals surface area contributed by atoms with Crippen LogP contribution in [0.25, 0.3) is 0 Å². The van der Waals surface area contributed by atoms with Gasteiger partial charge in [-0.05, 0) is 31.9 Å². The summed E-state index contributed by atoms with van der Waals surface area (Å²) < 4.78 is 4.53. The summed E-state index contributed by atoms with van der Waals surface area (Å²) in [5.41, 5.74) is 0.765. The number of ether oxygens (including phenoxy) is 1. The lowest BCUT2D eigenvalue weighted by Gasteiger charge is -2.16. The zero-order valence-electron chi connectivity index (χ0n) is 14.8. The van der Waals surface area contributed by atoms with Crippen LogP contribution >= 0.6 is 11.8 Å². The minimum atomic E-state index is -0.298. The Morgan fingerprint density at radius 1 is 1.16 bits per heavy atom. The minimum absolute atomic E-state index is 0.107. The molecule has 0 heterocycles. The zero-order chi connectivity index (χ0) is 18.7. The minimum Gasteiger partial charge on any atom is -0.469 e. The van der Waals surface area contributed by atoms with Gasteiger partial charge in [-0.3, -0.25) is 19.3 Å². The molecule has 0 aromatic heterocycles. The molecule has 0 saturated carbocycles. The quantitative estimate of drug-likeness (QED) is 0.369. The number of methoxy groups -OCH3 is 1. The maximum absolute atomic E-state index is 12.1. The first-order valence-electron chi connectivity index (χ1n) is 7.91. The van der Waals surface area contributed by atoms with Gasteiger partial charge in [0.2, 0.25) is 11.8 Å². The molecule has 2 N–H and O–H groups in total. The molecule has 0 unspecified atom stereocenters. The number of rotatable bonds is 10. The zero-order valence-corrected chi connectivity index (χ0v) is 15.6. The summed E-state index contributed by atoms with van der Waals surface area (Å²) in [4.78, 5) is 37.5. The highest BCUT2D eigenvalue weighted by Crippen LogP contribution is 2.24. The van der Waals surface area contributed by atoms with E-state index in [0.717, 1.165) is 10.6 Å². The van der Waals surface area contributed by atoms with Crippen LogP contribution in [0.5, 0.6) is 0 Å². The summed E-state index contributed by atoms with van der Waals surface area (Å²) in [6, 6.07) is 7.56. The number of nitrogens with zero attached hydrogens (tertiary/aromatic N) is 1. The second-order valence-electron chi connectivity index (χ2n) is 5.45. The summed E-state index contributed by atoms with van der Waals surface area (Å²) in [6.45, 7) is 0.614. The Balaban J connectivity index is 2.30. The molecular weight excluding hydrogens is 342 g/mol. The Bertz CT molecular complexity index is 595. The van der Waals surface area contributed by atoms with Gasteiger partial charge in [-0.1, -0.05) is 12.1 Å². The standard InChI is InChI=1S/C17H25N3O4S/c1-20(11-15(21)18-10-6-9-17(23)24-2)12-16(22)19-13-7-4-5-8-14(13)25-3/h4-5,7-8H,6,9-12H2,1-3H3,(H,18,21)(H,19,22). The van der Waals surface area contributed by atoms with Gasteiger partial charge in [0.15, 0.2) is 0 Å². The maximum Gasteiger partial charge on any atom is 0.305 e. The number of esters is 1. The fourth-order valence-corrected chi connectivity index (χ4v) is 2.66. The number of anilines is 1. The summed E-state index contributed by atoms with van der Waals surface area (Å²) in [6.07, 6.45) is 2.74. The Hall–Kier alpha value is -2.06. The van der Waals surface area contributed by atoms with E-state index in [1.54, 1.807) is 23.7 Å². The van der Waals surface area contributed by atoms with E-state index in [0.29, 0.717) is 13.0 Å². The molecule has 0 atom stereocenters. The van der Waals surface area contributed by atoms with Crippen LogP contribution in [0.15, 0.2) is 29.2 Å². The van der Waals surface area contributed by atoms with Gasteiger partial charge in [0.05, 0.1) is 25.9 Å². The summed E-state index contributed by atoms with van der Waals surface area (Å²) in [5.74, 6) is -0.666. The van der Waals surface area contributed by atoms with Gasteiger partial charge in [0.1, 0.15) is 0 Å². The van der Waals surface area contributed by atoms with E-state index in [2.05, 4.69) is 15.4 Å². The monoisotopic (exact) mass is 367 g/mol. The predicted octanol–water partition coefficient (Wildman–Crippen LogP) is 1.35. The van der Waals surface area contributed by atoms with Crippen LogP contribution < -0.4 is 10.6 Å². The average molecular weight is 367 g/mol. The van der Waals surface area contributed by atoms with Crippen molar-refractivity contribution in [2.75, 3.05) is 45.4 Å². The van der Waals surface area contributed by atoms with Gasteiger partial charge in [-0.15, -0.1) is 11.8 Å².